The third-order valence-corrected chi connectivity index (χ3v) is 3.80. The SMILES string of the molecule is O=C(Cc1ccccc1)NCCC1=C2CC=CC=C2ONC1=O. The van der Waals surface area contributed by atoms with E-state index in [0.29, 0.717) is 37.1 Å². The van der Waals surface area contributed by atoms with Crippen molar-refractivity contribution in [3.05, 3.63) is 71.0 Å². The Bertz CT molecular complexity index is 702. The number of amides is 2. The predicted octanol–water partition coefficient (Wildman–Crippen LogP) is 1.94. The minimum atomic E-state index is -0.232. The van der Waals surface area contributed by atoms with Crippen LogP contribution in [0.4, 0.5) is 0 Å². The van der Waals surface area contributed by atoms with Crippen LogP contribution >= 0.6 is 0 Å². The lowest BCUT2D eigenvalue weighted by atomic mass is 9.96. The van der Waals surface area contributed by atoms with Gasteiger partial charge >= 0.3 is 0 Å². The zero-order chi connectivity index (χ0) is 16.1. The van der Waals surface area contributed by atoms with E-state index in [2.05, 4.69) is 10.8 Å². The van der Waals surface area contributed by atoms with Crippen LogP contribution in [0.2, 0.25) is 0 Å². The van der Waals surface area contributed by atoms with Crippen LogP contribution in [-0.2, 0) is 20.8 Å². The summed E-state index contributed by atoms with van der Waals surface area (Å²) in [5.41, 5.74) is 4.94. The van der Waals surface area contributed by atoms with Crippen molar-refractivity contribution in [3.63, 3.8) is 0 Å². The molecule has 2 N–H and O–H groups in total. The van der Waals surface area contributed by atoms with Crippen molar-refractivity contribution in [3.8, 4) is 0 Å². The van der Waals surface area contributed by atoms with Gasteiger partial charge in [-0.15, -0.1) is 0 Å². The number of hydroxylamine groups is 1. The van der Waals surface area contributed by atoms with E-state index in [-0.39, 0.29) is 11.8 Å². The number of hydrogen-bond acceptors (Lipinski definition) is 3. The van der Waals surface area contributed by atoms with Crippen LogP contribution in [0.15, 0.2) is 65.5 Å². The molecule has 0 radical (unpaired) electrons. The van der Waals surface area contributed by atoms with Crippen LogP contribution in [0.1, 0.15) is 18.4 Å². The largest absolute Gasteiger partial charge is 0.379 e. The summed E-state index contributed by atoms with van der Waals surface area (Å²) < 4.78 is 0. The standard InChI is InChI=1S/C18H18N2O3/c21-17(12-13-6-2-1-3-7-13)19-11-10-15-14-8-4-5-9-16(14)23-20-18(15)22/h1-7,9H,8,10-12H2,(H,19,21)(H,20,22). The van der Waals surface area contributed by atoms with Gasteiger partial charge in [-0.2, -0.15) is 5.48 Å². The van der Waals surface area contributed by atoms with Gasteiger partial charge in [-0.25, -0.2) is 0 Å². The van der Waals surface area contributed by atoms with Gasteiger partial charge in [0.25, 0.3) is 5.91 Å². The van der Waals surface area contributed by atoms with Gasteiger partial charge in [-0.3, -0.25) is 9.59 Å². The molecule has 2 amide bonds. The zero-order valence-corrected chi connectivity index (χ0v) is 12.7. The molecule has 0 fully saturated rings. The van der Waals surface area contributed by atoms with E-state index in [4.69, 9.17) is 4.84 Å². The van der Waals surface area contributed by atoms with Gasteiger partial charge in [-0.1, -0.05) is 42.5 Å². The molecule has 2 aliphatic rings. The van der Waals surface area contributed by atoms with E-state index in [1.807, 2.05) is 48.6 Å². The normalized spacial score (nSPS) is 16.2. The molecule has 3 rings (SSSR count). The Morgan fingerprint density at radius 1 is 1.26 bits per heavy atom. The minimum Gasteiger partial charge on any atom is -0.379 e. The molecule has 0 bridgehead atoms. The fraction of sp³-hybridized carbons (Fsp3) is 0.222. The molecule has 0 saturated carbocycles. The van der Waals surface area contributed by atoms with Gasteiger partial charge in [0.15, 0.2) is 5.76 Å². The fourth-order valence-corrected chi connectivity index (χ4v) is 2.65. The lowest BCUT2D eigenvalue weighted by molar-refractivity contribution is -0.128. The second kappa shape index (κ2) is 6.96. The van der Waals surface area contributed by atoms with Crippen LogP contribution in [0.25, 0.3) is 0 Å². The molecule has 0 saturated heterocycles. The highest BCUT2D eigenvalue weighted by Crippen LogP contribution is 2.28. The predicted molar refractivity (Wildman–Crippen MR) is 85.9 cm³/mol. The summed E-state index contributed by atoms with van der Waals surface area (Å²) in [4.78, 5) is 29.1. The van der Waals surface area contributed by atoms with Crippen molar-refractivity contribution in [2.75, 3.05) is 6.54 Å². The average Bonchev–Trinajstić information content (AvgIpc) is 2.58. The van der Waals surface area contributed by atoms with Crippen molar-refractivity contribution < 1.29 is 14.4 Å². The molecule has 0 spiro atoms. The molecule has 0 aromatic heterocycles. The lowest BCUT2D eigenvalue weighted by Gasteiger charge is -2.24. The molecule has 1 aliphatic heterocycles. The molecule has 5 nitrogen and oxygen atoms in total. The van der Waals surface area contributed by atoms with Crippen molar-refractivity contribution in [1.82, 2.24) is 10.8 Å². The van der Waals surface area contributed by atoms with Gasteiger partial charge in [0, 0.05) is 17.7 Å². The number of benzene rings is 1. The molecule has 1 aromatic carbocycles. The number of nitrogens with one attached hydrogen (secondary N) is 2. The number of rotatable bonds is 5. The topological polar surface area (TPSA) is 67.4 Å². The number of carbonyl (C=O) groups is 2. The van der Waals surface area contributed by atoms with Gasteiger partial charge in [-0.05, 0) is 24.5 Å². The summed E-state index contributed by atoms with van der Waals surface area (Å²) >= 11 is 0. The number of allylic oxidation sites excluding steroid dienone is 4. The molecule has 1 heterocycles. The smallest absolute Gasteiger partial charge is 0.280 e. The maximum Gasteiger partial charge on any atom is 0.280 e. The average molecular weight is 310 g/mol. The fourth-order valence-electron chi connectivity index (χ4n) is 2.65. The summed E-state index contributed by atoms with van der Waals surface area (Å²) in [5, 5.41) is 2.86. The van der Waals surface area contributed by atoms with E-state index in [1.165, 1.54) is 0 Å². The minimum absolute atomic E-state index is 0.0476. The Labute approximate surface area is 134 Å². The van der Waals surface area contributed by atoms with Crippen LogP contribution < -0.4 is 10.8 Å². The third-order valence-electron chi connectivity index (χ3n) is 3.80. The second-order valence-corrected chi connectivity index (χ2v) is 5.42. The second-order valence-electron chi connectivity index (χ2n) is 5.42. The number of carbonyl (C=O) groups excluding carboxylic acids is 2. The van der Waals surface area contributed by atoms with E-state index >= 15 is 0 Å². The molecule has 0 atom stereocenters. The monoisotopic (exact) mass is 310 g/mol. The lowest BCUT2D eigenvalue weighted by Crippen LogP contribution is -2.34. The Morgan fingerprint density at radius 2 is 2.09 bits per heavy atom. The first kappa shape index (κ1) is 15.1. The van der Waals surface area contributed by atoms with Crippen molar-refractivity contribution in [1.29, 1.82) is 0 Å². The first-order valence-electron chi connectivity index (χ1n) is 7.61. The van der Waals surface area contributed by atoms with Crippen molar-refractivity contribution in [2.24, 2.45) is 0 Å². The first-order chi connectivity index (χ1) is 11.2. The van der Waals surface area contributed by atoms with Crippen molar-refractivity contribution in [2.45, 2.75) is 19.3 Å². The van der Waals surface area contributed by atoms with Gasteiger partial charge in [0.2, 0.25) is 5.91 Å². The molecular formula is C18H18N2O3. The Hall–Kier alpha value is -2.82. The maximum atomic E-state index is 12.0. The molecule has 0 unspecified atom stereocenters. The molecule has 1 aliphatic carbocycles. The van der Waals surface area contributed by atoms with E-state index in [0.717, 1.165) is 11.1 Å². The summed E-state index contributed by atoms with van der Waals surface area (Å²) in [6.07, 6.45) is 7.20. The summed E-state index contributed by atoms with van der Waals surface area (Å²) in [6, 6.07) is 9.57. The summed E-state index contributed by atoms with van der Waals surface area (Å²) in [6.45, 7) is 0.426. The van der Waals surface area contributed by atoms with Crippen LogP contribution in [0.5, 0.6) is 0 Å². The molecule has 1 aromatic rings. The Kier molecular flexibility index (Phi) is 4.57. The Morgan fingerprint density at radius 3 is 2.91 bits per heavy atom. The first-order valence-corrected chi connectivity index (χ1v) is 7.61. The van der Waals surface area contributed by atoms with Crippen LogP contribution in [0.3, 0.4) is 0 Å². The Balaban J connectivity index is 1.56. The number of hydrogen-bond donors (Lipinski definition) is 2. The number of fused-ring (bicyclic) bond motifs is 1. The van der Waals surface area contributed by atoms with Crippen LogP contribution in [0, 0.1) is 0 Å². The van der Waals surface area contributed by atoms with Gasteiger partial charge in [0.1, 0.15) is 0 Å². The zero-order valence-electron chi connectivity index (χ0n) is 12.7. The van der Waals surface area contributed by atoms with E-state index in [1.54, 1.807) is 0 Å². The molecular weight excluding hydrogens is 292 g/mol. The summed E-state index contributed by atoms with van der Waals surface area (Å²) in [7, 11) is 0. The third kappa shape index (κ3) is 3.69. The molecule has 5 heteroatoms. The highest BCUT2D eigenvalue weighted by atomic mass is 16.7. The van der Waals surface area contributed by atoms with Gasteiger partial charge in [0.05, 0.1) is 6.42 Å². The quantitative estimate of drug-likeness (QED) is 0.873. The highest BCUT2D eigenvalue weighted by Gasteiger charge is 2.25. The molecule has 23 heavy (non-hydrogen) atoms. The summed E-state index contributed by atoms with van der Waals surface area (Å²) in [5.74, 6) is 0.399. The van der Waals surface area contributed by atoms with E-state index < -0.39 is 0 Å². The van der Waals surface area contributed by atoms with Crippen LogP contribution in [-0.4, -0.2) is 18.4 Å². The van der Waals surface area contributed by atoms with Crippen molar-refractivity contribution >= 4 is 11.8 Å². The highest BCUT2D eigenvalue weighted by molar-refractivity contribution is 5.95. The molecule has 118 valence electrons. The maximum absolute atomic E-state index is 12.0. The van der Waals surface area contributed by atoms with Gasteiger partial charge < -0.3 is 10.2 Å². The van der Waals surface area contributed by atoms with E-state index in [9.17, 15) is 9.59 Å².